The van der Waals surface area contributed by atoms with Crippen molar-refractivity contribution >= 4 is 21.7 Å². The topological polar surface area (TPSA) is 83.6 Å². The molecule has 0 aromatic heterocycles. The van der Waals surface area contributed by atoms with Gasteiger partial charge >= 0.3 is 0 Å². The summed E-state index contributed by atoms with van der Waals surface area (Å²) >= 11 is 0. The van der Waals surface area contributed by atoms with E-state index in [-0.39, 0.29) is 35.6 Å². The standard InChI is InChI=1S/C24H30N2O4S/c1-17-16-22(17)24(20-8-5-4-6-9-20)25-23(28)10-7-15-26(3)31(29,30)21-13-11-19(12-14-21)18(2)27/h4-6,8-9,11-14,17,22,24H,7,10,15-16H2,1-3H3,(H,25,28). The van der Waals surface area contributed by atoms with Crippen molar-refractivity contribution in [1.29, 1.82) is 0 Å². The molecule has 31 heavy (non-hydrogen) atoms. The van der Waals surface area contributed by atoms with Crippen LogP contribution >= 0.6 is 0 Å². The Hall–Kier alpha value is -2.51. The fourth-order valence-corrected chi connectivity index (χ4v) is 4.99. The van der Waals surface area contributed by atoms with E-state index in [2.05, 4.69) is 12.2 Å². The van der Waals surface area contributed by atoms with Crippen LogP contribution in [-0.2, 0) is 14.8 Å². The summed E-state index contributed by atoms with van der Waals surface area (Å²) in [6.07, 6.45) is 1.78. The van der Waals surface area contributed by atoms with Crippen molar-refractivity contribution < 1.29 is 18.0 Å². The van der Waals surface area contributed by atoms with Gasteiger partial charge in [0.15, 0.2) is 5.78 Å². The molecule has 1 saturated carbocycles. The van der Waals surface area contributed by atoms with Gasteiger partial charge in [-0.1, -0.05) is 49.4 Å². The number of hydrogen-bond acceptors (Lipinski definition) is 4. The summed E-state index contributed by atoms with van der Waals surface area (Å²) in [6, 6.07) is 15.9. The first-order chi connectivity index (χ1) is 14.7. The average Bonchev–Trinajstić information content (AvgIpc) is 3.48. The number of Topliss-reactive ketones (excluding diaryl/α,β-unsaturated/α-hetero) is 1. The van der Waals surface area contributed by atoms with E-state index in [0.29, 0.717) is 23.8 Å². The molecule has 0 heterocycles. The van der Waals surface area contributed by atoms with E-state index >= 15 is 0 Å². The quantitative estimate of drug-likeness (QED) is 0.567. The minimum absolute atomic E-state index is 0.00459. The lowest BCUT2D eigenvalue weighted by atomic mass is 10.0. The molecule has 166 valence electrons. The first-order valence-electron chi connectivity index (χ1n) is 10.6. The van der Waals surface area contributed by atoms with Crippen LogP contribution in [-0.4, -0.2) is 38.0 Å². The van der Waals surface area contributed by atoms with Gasteiger partial charge in [-0.3, -0.25) is 9.59 Å². The molecule has 0 spiro atoms. The number of nitrogens with one attached hydrogen (secondary N) is 1. The monoisotopic (exact) mass is 442 g/mol. The molecule has 6 nitrogen and oxygen atoms in total. The molecule has 0 bridgehead atoms. The second kappa shape index (κ2) is 9.75. The number of amides is 1. The molecular weight excluding hydrogens is 412 g/mol. The van der Waals surface area contributed by atoms with E-state index in [1.807, 2.05) is 30.3 Å². The van der Waals surface area contributed by atoms with Crippen LogP contribution in [0.2, 0.25) is 0 Å². The zero-order valence-corrected chi connectivity index (χ0v) is 19.1. The van der Waals surface area contributed by atoms with Crippen LogP contribution < -0.4 is 5.32 Å². The number of nitrogens with zero attached hydrogens (tertiary/aromatic N) is 1. The van der Waals surface area contributed by atoms with E-state index in [1.54, 1.807) is 0 Å². The van der Waals surface area contributed by atoms with Crippen LogP contribution in [0.5, 0.6) is 0 Å². The van der Waals surface area contributed by atoms with Crippen molar-refractivity contribution in [2.24, 2.45) is 11.8 Å². The molecule has 1 amide bonds. The van der Waals surface area contributed by atoms with Gasteiger partial charge in [-0.05, 0) is 49.3 Å². The van der Waals surface area contributed by atoms with Crippen LogP contribution in [0.25, 0.3) is 0 Å². The summed E-state index contributed by atoms with van der Waals surface area (Å²) in [5.41, 5.74) is 1.58. The molecule has 7 heteroatoms. The van der Waals surface area contributed by atoms with E-state index < -0.39 is 10.0 Å². The molecule has 2 aromatic rings. The average molecular weight is 443 g/mol. The Labute approximate surface area is 184 Å². The first-order valence-corrected chi connectivity index (χ1v) is 12.1. The summed E-state index contributed by atoms with van der Waals surface area (Å²) < 4.78 is 26.7. The van der Waals surface area contributed by atoms with Crippen molar-refractivity contribution in [3.63, 3.8) is 0 Å². The van der Waals surface area contributed by atoms with Crippen molar-refractivity contribution in [3.8, 4) is 0 Å². The number of rotatable bonds is 10. The molecule has 0 saturated heterocycles. The molecule has 3 rings (SSSR count). The van der Waals surface area contributed by atoms with Crippen molar-refractivity contribution in [2.45, 2.75) is 44.0 Å². The summed E-state index contributed by atoms with van der Waals surface area (Å²) in [6.45, 7) is 3.86. The third-order valence-electron chi connectivity index (χ3n) is 5.92. The molecule has 1 N–H and O–H groups in total. The van der Waals surface area contributed by atoms with Crippen molar-refractivity contribution in [2.75, 3.05) is 13.6 Å². The Morgan fingerprint density at radius 3 is 2.26 bits per heavy atom. The molecule has 1 aliphatic carbocycles. The maximum Gasteiger partial charge on any atom is 0.242 e. The predicted molar refractivity (Wildman–Crippen MR) is 120 cm³/mol. The molecule has 1 fully saturated rings. The lowest BCUT2D eigenvalue weighted by Gasteiger charge is -2.20. The predicted octanol–water partition coefficient (Wildman–Crippen LogP) is 3.80. The highest BCUT2D eigenvalue weighted by atomic mass is 32.2. The number of hydrogen-bond donors (Lipinski definition) is 1. The molecule has 3 unspecified atom stereocenters. The Balaban J connectivity index is 1.53. The normalized spacial score (nSPS) is 19.1. The SMILES string of the molecule is CC(=O)c1ccc(S(=O)(=O)N(C)CCCC(=O)NC(c2ccccc2)C2CC2C)cc1. The van der Waals surface area contributed by atoms with Gasteiger partial charge in [0.1, 0.15) is 0 Å². The molecule has 2 aromatic carbocycles. The number of ketones is 1. The lowest BCUT2D eigenvalue weighted by Crippen LogP contribution is -2.32. The van der Waals surface area contributed by atoms with E-state index in [4.69, 9.17) is 0 Å². The zero-order chi connectivity index (χ0) is 22.6. The Kier molecular flexibility index (Phi) is 7.28. The smallest absolute Gasteiger partial charge is 0.242 e. The van der Waals surface area contributed by atoms with Gasteiger partial charge in [-0.15, -0.1) is 0 Å². The highest BCUT2D eigenvalue weighted by molar-refractivity contribution is 7.89. The highest BCUT2D eigenvalue weighted by Crippen LogP contribution is 2.46. The molecule has 3 atom stereocenters. The van der Waals surface area contributed by atoms with Crippen LogP contribution in [0.3, 0.4) is 0 Å². The van der Waals surface area contributed by atoms with E-state index in [9.17, 15) is 18.0 Å². The minimum atomic E-state index is -3.67. The van der Waals surface area contributed by atoms with Crippen LogP contribution in [0.15, 0.2) is 59.5 Å². The zero-order valence-electron chi connectivity index (χ0n) is 18.2. The Morgan fingerprint density at radius 1 is 1.10 bits per heavy atom. The molecule has 1 aliphatic rings. The van der Waals surface area contributed by atoms with Gasteiger partial charge in [0.2, 0.25) is 15.9 Å². The maximum atomic E-state index is 12.7. The fraction of sp³-hybridized carbons (Fsp3) is 0.417. The lowest BCUT2D eigenvalue weighted by molar-refractivity contribution is -0.122. The Morgan fingerprint density at radius 2 is 1.71 bits per heavy atom. The van der Waals surface area contributed by atoms with Gasteiger partial charge in [-0.2, -0.15) is 0 Å². The molecule has 0 radical (unpaired) electrons. The van der Waals surface area contributed by atoms with Gasteiger partial charge in [0, 0.05) is 25.6 Å². The van der Waals surface area contributed by atoms with Crippen LogP contribution in [0, 0.1) is 11.8 Å². The summed E-state index contributed by atoms with van der Waals surface area (Å²) in [7, 11) is -2.16. The van der Waals surface area contributed by atoms with Gasteiger partial charge < -0.3 is 5.32 Å². The third kappa shape index (κ3) is 5.80. The number of carbonyl (C=O) groups excluding carboxylic acids is 2. The number of sulfonamides is 1. The second-order valence-corrected chi connectivity index (χ2v) is 10.4. The van der Waals surface area contributed by atoms with E-state index in [0.717, 1.165) is 12.0 Å². The first kappa shape index (κ1) is 23.2. The summed E-state index contributed by atoms with van der Waals surface area (Å²) in [4.78, 5) is 24.1. The summed E-state index contributed by atoms with van der Waals surface area (Å²) in [5.74, 6) is 0.867. The fourth-order valence-electron chi connectivity index (χ4n) is 3.78. The Bertz CT molecular complexity index is 1020. The minimum Gasteiger partial charge on any atom is -0.349 e. The number of benzene rings is 2. The largest absolute Gasteiger partial charge is 0.349 e. The van der Waals surface area contributed by atoms with Gasteiger partial charge in [0.05, 0.1) is 10.9 Å². The van der Waals surface area contributed by atoms with Crippen LogP contribution in [0.1, 0.15) is 55.1 Å². The molecular formula is C24H30N2O4S. The van der Waals surface area contributed by atoms with Crippen LogP contribution in [0.4, 0.5) is 0 Å². The second-order valence-electron chi connectivity index (χ2n) is 8.34. The number of carbonyl (C=O) groups is 2. The maximum absolute atomic E-state index is 12.7. The van der Waals surface area contributed by atoms with Gasteiger partial charge in [-0.25, -0.2) is 12.7 Å². The summed E-state index contributed by atoms with van der Waals surface area (Å²) in [5, 5.41) is 3.15. The van der Waals surface area contributed by atoms with E-state index in [1.165, 1.54) is 42.5 Å². The van der Waals surface area contributed by atoms with Crippen molar-refractivity contribution in [3.05, 3.63) is 65.7 Å². The van der Waals surface area contributed by atoms with Crippen molar-refractivity contribution in [1.82, 2.24) is 9.62 Å². The van der Waals surface area contributed by atoms with Gasteiger partial charge in [0.25, 0.3) is 0 Å². The molecule has 0 aliphatic heterocycles. The third-order valence-corrected chi connectivity index (χ3v) is 7.79. The highest BCUT2D eigenvalue weighted by Gasteiger charge is 2.40.